The van der Waals surface area contributed by atoms with Crippen LogP contribution in [0.25, 0.3) is 0 Å². The summed E-state index contributed by atoms with van der Waals surface area (Å²) in [7, 11) is 0. The molecule has 0 atom stereocenters. The minimum absolute atomic E-state index is 0.0429. The van der Waals surface area contributed by atoms with Crippen molar-refractivity contribution in [1.82, 2.24) is 5.32 Å². The van der Waals surface area contributed by atoms with E-state index in [1.54, 1.807) is 13.0 Å². The number of benzene rings is 1. The Labute approximate surface area is 135 Å². The first kappa shape index (κ1) is 15.3. The Morgan fingerprint density at radius 2 is 2.09 bits per heavy atom. The molecule has 0 spiro atoms. The van der Waals surface area contributed by atoms with E-state index in [0.29, 0.717) is 17.9 Å². The molecule has 1 aliphatic heterocycles. The molecule has 2 heterocycles. The molecule has 1 N–H and O–H groups in total. The van der Waals surface area contributed by atoms with Crippen LogP contribution >= 0.6 is 0 Å². The van der Waals surface area contributed by atoms with Crippen molar-refractivity contribution in [3.05, 3.63) is 53.5 Å². The van der Waals surface area contributed by atoms with E-state index in [1.807, 2.05) is 23.1 Å². The zero-order valence-electron chi connectivity index (χ0n) is 13.2. The van der Waals surface area contributed by atoms with Gasteiger partial charge in [0.2, 0.25) is 5.91 Å². The summed E-state index contributed by atoms with van der Waals surface area (Å²) in [5.41, 5.74) is 2.73. The highest BCUT2D eigenvalue weighted by atomic mass is 16.3. The number of amides is 2. The maximum atomic E-state index is 12.5. The van der Waals surface area contributed by atoms with Gasteiger partial charge >= 0.3 is 0 Å². The van der Waals surface area contributed by atoms with Crippen LogP contribution in [-0.4, -0.2) is 24.9 Å². The Morgan fingerprint density at radius 1 is 1.26 bits per heavy atom. The molecule has 0 aliphatic carbocycles. The van der Waals surface area contributed by atoms with Crippen molar-refractivity contribution in [3.63, 3.8) is 0 Å². The molecular formula is C18H20N2O3. The highest BCUT2D eigenvalue weighted by Gasteiger charge is 2.22. The second kappa shape index (κ2) is 6.69. The maximum absolute atomic E-state index is 12.5. The van der Waals surface area contributed by atoms with Crippen LogP contribution in [-0.2, 0) is 11.2 Å². The normalized spacial score (nSPS) is 13.5. The van der Waals surface area contributed by atoms with Gasteiger partial charge in [-0.1, -0.05) is 18.2 Å². The monoisotopic (exact) mass is 312 g/mol. The van der Waals surface area contributed by atoms with Gasteiger partial charge in [0.25, 0.3) is 5.91 Å². The lowest BCUT2D eigenvalue weighted by Crippen LogP contribution is -2.37. The fourth-order valence-corrected chi connectivity index (χ4v) is 2.93. The van der Waals surface area contributed by atoms with Crippen molar-refractivity contribution in [1.29, 1.82) is 0 Å². The van der Waals surface area contributed by atoms with Gasteiger partial charge in [0.15, 0.2) is 0 Å². The first-order chi connectivity index (χ1) is 11.2. The van der Waals surface area contributed by atoms with E-state index >= 15 is 0 Å². The molecular weight excluding hydrogens is 292 g/mol. The minimum atomic E-state index is -0.205. The molecule has 2 amide bonds. The average Bonchev–Trinajstić information content (AvgIpc) is 3.00. The van der Waals surface area contributed by atoms with Gasteiger partial charge in [-0.15, -0.1) is 0 Å². The standard InChI is InChI=1S/C18H20N2O3/c1-13-15(9-12-23-13)18(22)19-10-8-17(21)20-11-4-6-14-5-2-3-7-16(14)20/h2-3,5,7,9,12H,4,6,8,10-11H2,1H3,(H,19,22). The number of hydrogen-bond donors (Lipinski definition) is 1. The highest BCUT2D eigenvalue weighted by molar-refractivity contribution is 5.97. The van der Waals surface area contributed by atoms with Crippen LogP contribution in [0.15, 0.2) is 41.0 Å². The second-order valence-corrected chi connectivity index (χ2v) is 5.67. The lowest BCUT2D eigenvalue weighted by molar-refractivity contribution is -0.118. The molecule has 1 aromatic carbocycles. The Hall–Kier alpha value is -2.56. The SMILES string of the molecule is Cc1occc1C(=O)NCCC(=O)N1CCCc2ccccc21. The summed E-state index contributed by atoms with van der Waals surface area (Å²) < 4.78 is 5.11. The number of fused-ring (bicyclic) bond motifs is 1. The van der Waals surface area contributed by atoms with Crippen molar-refractivity contribution in [2.45, 2.75) is 26.2 Å². The van der Waals surface area contributed by atoms with Gasteiger partial charge in [0, 0.05) is 25.2 Å². The molecule has 5 heteroatoms. The molecule has 1 aliphatic rings. The molecule has 1 aromatic heterocycles. The Kier molecular flexibility index (Phi) is 4.46. The lowest BCUT2D eigenvalue weighted by atomic mass is 10.0. The van der Waals surface area contributed by atoms with E-state index in [1.165, 1.54) is 11.8 Å². The van der Waals surface area contributed by atoms with Gasteiger partial charge in [-0.25, -0.2) is 0 Å². The zero-order valence-corrected chi connectivity index (χ0v) is 13.2. The Bertz CT molecular complexity index is 721. The molecule has 3 rings (SSSR count). The number of para-hydroxylation sites is 1. The Balaban J connectivity index is 1.56. The third-order valence-corrected chi connectivity index (χ3v) is 4.14. The summed E-state index contributed by atoms with van der Waals surface area (Å²) >= 11 is 0. The predicted octanol–water partition coefficient (Wildman–Crippen LogP) is 2.69. The topological polar surface area (TPSA) is 62.6 Å². The fourth-order valence-electron chi connectivity index (χ4n) is 2.93. The summed E-state index contributed by atoms with van der Waals surface area (Å²) in [5, 5.41) is 2.77. The van der Waals surface area contributed by atoms with Crippen LogP contribution < -0.4 is 10.2 Å². The van der Waals surface area contributed by atoms with Gasteiger partial charge in [0.05, 0.1) is 11.8 Å². The number of rotatable bonds is 4. The fraction of sp³-hybridized carbons (Fsp3) is 0.333. The number of nitrogens with zero attached hydrogens (tertiary/aromatic N) is 1. The summed E-state index contributed by atoms with van der Waals surface area (Å²) in [5.74, 6) is 0.420. The largest absolute Gasteiger partial charge is 0.469 e. The maximum Gasteiger partial charge on any atom is 0.254 e. The molecule has 23 heavy (non-hydrogen) atoms. The molecule has 0 saturated heterocycles. The van der Waals surface area contributed by atoms with E-state index in [9.17, 15) is 9.59 Å². The molecule has 0 saturated carbocycles. The van der Waals surface area contributed by atoms with Gasteiger partial charge in [-0.3, -0.25) is 9.59 Å². The second-order valence-electron chi connectivity index (χ2n) is 5.67. The molecule has 0 bridgehead atoms. The molecule has 5 nitrogen and oxygen atoms in total. The van der Waals surface area contributed by atoms with E-state index in [2.05, 4.69) is 11.4 Å². The molecule has 0 fully saturated rings. The number of aryl methyl sites for hydroxylation is 2. The molecule has 2 aromatic rings. The zero-order chi connectivity index (χ0) is 16.2. The van der Waals surface area contributed by atoms with Crippen molar-refractivity contribution in [3.8, 4) is 0 Å². The van der Waals surface area contributed by atoms with Crippen LogP contribution in [0.1, 0.15) is 34.5 Å². The van der Waals surface area contributed by atoms with E-state index in [-0.39, 0.29) is 18.2 Å². The van der Waals surface area contributed by atoms with Gasteiger partial charge in [-0.05, 0) is 37.5 Å². The smallest absolute Gasteiger partial charge is 0.254 e. The molecule has 0 radical (unpaired) electrons. The first-order valence-corrected chi connectivity index (χ1v) is 7.87. The van der Waals surface area contributed by atoms with Crippen LogP contribution in [0.4, 0.5) is 5.69 Å². The lowest BCUT2D eigenvalue weighted by Gasteiger charge is -2.29. The third kappa shape index (κ3) is 3.28. The van der Waals surface area contributed by atoms with Gasteiger partial charge in [-0.2, -0.15) is 0 Å². The van der Waals surface area contributed by atoms with Crippen molar-refractivity contribution in [2.75, 3.05) is 18.0 Å². The third-order valence-electron chi connectivity index (χ3n) is 4.14. The Morgan fingerprint density at radius 3 is 2.87 bits per heavy atom. The first-order valence-electron chi connectivity index (χ1n) is 7.87. The predicted molar refractivity (Wildman–Crippen MR) is 87.5 cm³/mol. The van der Waals surface area contributed by atoms with E-state index in [0.717, 1.165) is 25.1 Å². The van der Waals surface area contributed by atoms with Crippen molar-refractivity contribution < 1.29 is 14.0 Å². The summed E-state index contributed by atoms with van der Waals surface area (Å²) in [6.45, 7) is 2.80. The number of furan rings is 1. The van der Waals surface area contributed by atoms with Gasteiger partial charge < -0.3 is 14.6 Å². The summed E-state index contributed by atoms with van der Waals surface area (Å²) in [6, 6.07) is 9.64. The number of hydrogen-bond acceptors (Lipinski definition) is 3. The minimum Gasteiger partial charge on any atom is -0.469 e. The van der Waals surface area contributed by atoms with Crippen molar-refractivity contribution in [2.24, 2.45) is 0 Å². The number of carbonyl (C=O) groups excluding carboxylic acids is 2. The molecule has 120 valence electrons. The van der Waals surface area contributed by atoms with Crippen LogP contribution in [0.2, 0.25) is 0 Å². The van der Waals surface area contributed by atoms with Crippen LogP contribution in [0.5, 0.6) is 0 Å². The molecule has 0 unspecified atom stereocenters. The number of anilines is 1. The number of carbonyl (C=O) groups is 2. The van der Waals surface area contributed by atoms with E-state index < -0.39 is 0 Å². The van der Waals surface area contributed by atoms with Crippen LogP contribution in [0, 0.1) is 6.92 Å². The van der Waals surface area contributed by atoms with Crippen molar-refractivity contribution >= 4 is 17.5 Å². The number of nitrogens with one attached hydrogen (secondary N) is 1. The van der Waals surface area contributed by atoms with Crippen LogP contribution in [0.3, 0.4) is 0 Å². The highest BCUT2D eigenvalue weighted by Crippen LogP contribution is 2.27. The van der Waals surface area contributed by atoms with E-state index in [4.69, 9.17) is 4.42 Å². The summed E-state index contributed by atoms with van der Waals surface area (Å²) in [6.07, 6.45) is 3.76. The summed E-state index contributed by atoms with van der Waals surface area (Å²) in [4.78, 5) is 26.3. The van der Waals surface area contributed by atoms with Gasteiger partial charge in [0.1, 0.15) is 5.76 Å². The quantitative estimate of drug-likeness (QED) is 0.944. The average molecular weight is 312 g/mol.